The van der Waals surface area contributed by atoms with Crippen LogP contribution in [0.5, 0.6) is 0 Å². The average molecular weight is 396 g/mol. The van der Waals surface area contributed by atoms with E-state index in [0.717, 1.165) is 40.2 Å². The molecule has 0 spiro atoms. The summed E-state index contributed by atoms with van der Waals surface area (Å²) in [5.41, 5.74) is 2.78. The number of nitrogens with one attached hydrogen (secondary N) is 2. The molecule has 2 aliphatic carbocycles. The summed E-state index contributed by atoms with van der Waals surface area (Å²) < 4.78 is 14.3. The first-order valence-corrected chi connectivity index (χ1v) is 10.7. The number of halogens is 1. The fourth-order valence-corrected chi connectivity index (χ4v) is 5.08. The van der Waals surface area contributed by atoms with E-state index in [2.05, 4.69) is 21.7 Å². The Balaban J connectivity index is 1.30. The van der Waals surface area contributed by atoms with Gasteiger partial charge in [0.1, 0.15) is 5.82 Å². The second-order valence-corrected chi connectivity index (χ2v) is 8.78. The van der Waals surface area contributed by atoms with Crippen LogP contribution in [0.25, 0.3) is 10.2 Å². The lowest BCUT2D eigenvalue weighted by atomic mass is 10.0. The first-order valence-electron chi connectivity index (χ1n) is 9.90. The topological polar surface area (TPSA) is 54.0 Å². The lowest BCUT2D eigenvalue weighted by Gasteiger charge is -2.22. The third-order valence-corrected chi connectivity index (χ3v) is 6.66. The molecule has 5 rings (SSSR count). The fraction of sp³-hybridized carbons (Fsp3) is 0.364. The van der Waals surface area contributed by atoms with E-state index in [9.17, 15) is 9.18 Å². The van der Waals surface area contributed by atoms with Crippen molar-refractivity contribution in [3.63, 3.8) is 0 Å². The number of hydrogen-bond donors (Lipinski definition) is 2. The number of rotatable bonds is 5. The largest absolute Gasteiger partial charge is 0.357 e. The maximum atomic E-state index is 13.4. The summed E-state index contributed by atoms with van der Waals surface area (Å²) in [4.78, 5) is 17.5. The first kappa shape index (κ1) is 17.6. The molecule has 0 saturated heterocycles. The van der Waals surface area contributed by atoms with Crippen molar-refractivity contribution in [3.8, 4) is 0 Å². The van der Waals surface area contributed by atoms with Gasteiger partial charge in [-0.15, -0.1) is 0 Å². The van der Waals surface area contributed by atoms with Gasteiger partial charge in [-0.25, -0.2) is 9.37 Å². The Morgan fingerprint density at radius 1 is 1.07 bits per heavy atom. The lowest BCUT2D eigenvalue weighted by molar-refractivity contribution is 0.0935. The Labute approximate surface area is 167 Å². The van der Waals surface area contributed by atoms with E-state index in [1.165, 1.54) is 41.9 Å². The number of carbonyl (C=O) groups excluding carboxylic acids is 1. The number of carbonyl (C=O) groups is 1. The molecule has 6 heteroatoms. The van der Waals surface area contributed by atoms with Gasteiger partial charge >= 0.3 is 0 Å². The third-order valence-electron chi connectivity index (χ3n) is 5.71. The molecule has 1 amide bonds. The van der Waals surface area contributed by atoms with E-state index in [0.29, 0.717) is 5.92 Å². The quantitative estimate of drug-likeness (QED) is 0.634. The van der Waals surface area contributed by atoms with Crippen LogP contribution in [0.3, 0.4) is 0 Å². The van der Waals surface area contributed by atoms with Gasteiger partial charge in [-0.05, 0) is 67.9 Å². The summed E-state index contributed by atoms with van der Waals surface area (Å²) in [7, 11) is 0. The van der Waals surface area contributed by atoms with E-state index in [1.807, 2.05) is 18.2 Å². The molecule has 2 atom stereocenters. The summed E-state index contributed by atoms with van der Waals surface area (Å²) >= 11 is 1.46. The van der Waals surface area contributed by atoms with Crippen molar-refractivity contribution in [1.82, 2.24) is 10.3 Å². The van der Waals surface area contributed by atoms with E-state index in [-0.39, 0.29) is 23.8 Å². The van der Waals surface area contributed by atoms with Gasteiger partial charge < -0.3 is 10.6 Å². The average Bonchev–Trinajstić information content (AvgIpc) is 3.34. The highest BCUT2D eigenvalue weighted by molar-refractivity contribution is 7.22. The van der Waals surface area contributed by atoms with Crippen LogP contribution in [-0.4, -0.2) is 23.0 Å². The molecule has 0 radical (unpaired) electrons. The lowest BCUT2D eigenvalue weighted by Crippen LogP contribution is -2.43. The van der Waals surface area contributed by atoms with Crippen molar-refractivity contribution in [2.24, 2.45) is 0 Å². The minimum absolute atomic E-state index is 0.0209. The van der Waals surface area contributed by atoms with E-state index >= 15 is 0 Å². The minimum Gasteiger partial charge on any atom is -0.357 e. The Morgan fingerprint density at radius 2 is 1.89 bits per heavy atom. The summed E-state index contributed by atoms with van der Waals surface area (Å²) in [5, 5.41) is 7.51. The Bertz CT molecular complexity index is 1030. The van der Waals surface area contributed by atoms with Gasteiger partial charge in [-0.1, -0.05) is 29.5 Å². The second kappa shape index (κ2) is 7.17. The van der Waals surface area contributed by atoms with Crippen molar-refractivity contribution < 1.29 is 9.18 Å². The monoisotopic (exact) mass is 395 g/mol. The Hall–Kier alpha value is -2.47. The zero-order valence-electron chi connectivity index (χ0n) is 15.5. The van der Waals surface area contributed by atoms with Crippen LogP contribution < -0.4 is 10.6 Å². The molecular weight excluding hydrogens is 373 g/mol. The molecule has 144 valence electrons. The minimum atomic E-state index is -0.247. The smallest absolute Gasteiger partial charge is 0.251 e. The molecule has 28 heavy (non-hydrogen) atoms. The van der Waals surface area contributed by atoms with Gasteiger partial charge in [0.15, 0.2) is 5.13 Å². The number of aromatic nitrogens is 1. The van der Waals surface area contributed by atoms with E-state index in [1.54, 1.807) is 6.07 Å². The molecule has 1 heterocycles. The van der Waals surface area contributed by atoms with Gasteiger partial charge in [-0.3, -0.25) is 4.79 Å². The highest BCUT2D eigenvalue weighted by Gasteiger charge is 2.32. The van der Waals surface area contributed by atoms with Crippen LogP contribution in [0.1, 0.15) is 53.9 Å². The summed E-state index contributed by atoms with van der Waals surface area (Å²) in [5.74, 6) is 0.318. The van der Waals surface area contributed by atoms with Gasteiger partial charge in [-0.2, -0.15) is 0 Å². The van der Waals surface area contributed by atoms with E-state index < -0.39 is 0 Å². The van der Waals surface area contributed by atoms with Crippen molar-refractivity contribution in [3.05, 3.63) is 59.4 Å². The van der Waals surface area contributed by atoms with Crippen LogP contribution >= 0.6 is 11.3 Å². The van der Waals surface area contributed by atoms with Crippen LogP contribution in [-0.2, 0) is 0 Å². The van der Waals surface area contributed by atoms with Crippen molar-refractivity contribution in [1.29, 1.82) is 0 Å². The summed E-state index contributed by atoms with van der Waals surface area (Å²) in [6, 6.07) is 12.8. The normalized spacial score (nSPS) is 21.8. The highest BCUT2D eigenvalue weighted by atomic mass is 32.1. The third kappa shape index (κ3) is 3.49. The molecule has 2 aromatic carbocycles. The van der Waals surface area contributed by atoms with Gasteiger partial charge in [0.25, 0.3) is 5.91 Å². The van der Waals surface area contributed by atoms with Crippen LogP contribution in [0, 0.1) is 5.82 Å². The predicted octanol–water partition coefficient (Wildman–Crippen LogP) is 5.08. The molecule has 4 nitrogen and oxygen atoms in total. The van der Waals surface area contributed by atoms with Crippen molar-refractivity contribution in [2.75, 3.05) is 5.32 Å². The second-order valence-electron chi connectivity index (χ2n) is 7.75. The standard InChI is InChI=1S/C22H22FN3OS/c23-14-10-11-19-20(12-14)28-22(26-19)25-18-7-3-6-17(18)24-21(27)16-5-2-1-4-15(16)13-8-9-13/h1-2,4-5,10-13,17-18H,3,6-9H2,(H,24,27)(H,25,26)/t17-,18+/m0/s1. The fourth-order valence-electron chi connectivity index (χ4n) is 4.12. The zero-order valence-corrected chi connectivity index (χ0v) is 16.3. The molecule has 3 aromatic rings. The number of hydrogen-bond acceptors (Lipinski definition) is 4. The van der Waals surface area contributed by atoms with E-state index in [4.69, 9.17) is 0 Å². The maximum Gasteiger partial charge on any atom is 0.251 e. The number of thiazole rings is 1. The number of fused-ring (bicyclic) bond motifs is 1. The maximum absolute atomic E-state index is 13.4. The summed E-state index contributed by atoms with van der Waals surface area (Å²) in [6.45, 7) is 0. The van der Waals surface area contributed by atoms with Crippen molar-refractivity contribution in [2.45, 2.75) is 50.1 Å². The van der Waals surface area contributed by atoms with Crippen LogP contribution in [0.4, 0.5) is 9.52 Å². The molecule has 2 N–H and O–H groups in total. The molecule has 0 unspecified atom stereocenters. The van der Waals surface area contributed by atoms with Crippen molar-refractivity contribution >= 4 is 32.6 Å². The molecule has 0 bridgehead atoms. The Morgan fingerprint density at radius 3 is 2.75 bits per heavy atom. The number of amides is 1. The SMILES string of the molecule is O=C(N[C@H]1CCC[C@H]1Nc1nc2ccc(F)cc2s1)c1ccccc1C1CC1. The van der Waals surface area contributed by atoms with Gasteiger partial charge in [0, 0.05) is 17.6 Å². The molecule has 0 aliphatic heterocycles. The number of nitrogens with zero attached hydrogens (tertiary/aromatic N) is 1. The number of benzene rings is 2. The van der Waals surface area contributed by atoms with Crippen LogP contribution in [0.2, 0.25) is 0 Å². The summed E-state index contributed by atoms with van der Waals surface area (Å²) in [6.07, 6.45) is 5.35. The molecular formula is C22H22FN3OS. The molecule has 2 fully saturated rings. The molecule has 1 aromatic heterocycles. The van der Waals surface area contributed by atoms with Gasteiger partial charge in [0.2, 0.25) is 0 Å². The first-order chi connectivity index (χ1) is 13.7. The van der Waals surface area contributed by atoms with Crippen LogP contribution in [0.15, 0.2) is 42.5 Å². The molecule has 2 saturated carbocycles. The number of anilines is 1. The Kier molecular flexibility index (Phi) is 4.51. The highest BCUT2D eigenvalue weighted by Crippen LogP contribution is 2.41. The molecule has 2 aliphatic rings. The predicted molar refractivity (Wildman–Crippen MR) is 111 cm³/mol. The van der Waals surface area contributed by atoms with Gasteiger partial charge in [0.05, 0.1) is 10.2 Å². The zero-order chi connectivity index (χ0) is 19.1.